The fourth-order valence-electron chi connectivity index (χ4n) is 2.10. The van der Waals surface area contributed by atoms with E-state index in [9.17, 15) is 20.4 Å². The number of benzene rings is 2. The Hall–Kier alpha value is -2.38. The van der Waals surface area contributed by atoms with Crippen molar-refractivity contribution in [2.45, 2.75) is 4.90 Å². The lowest BCUT2D eigenvalue weighted by molar-refractivity contribution is 0.403. The molecule has 4 N–H and O–H groups in total. The predicted molar refractivity (Wildman–Crippen MR) is 98.8 cm³/mol. The Labute approximate surface area is 149 Å². The number of rotatable bonds is 2. The van der Waals surface area contributed by atoms with E-state index in [4.69, 9.17) is 0 Å². The zero-order chi connectivity index (χ0) is 17.4. The number of halogens is 1. The maximum Gasteiger partial charge on any atom is 0.158 e. The summed E-state index contributed by atoms with van der Waals surface area (Å²) in [6.07, 6.45) is 4.99. The number of phenolic OH excluding ortho intramolecular Hbond substituents is 4. The third-order valence-corrected chi connectivity index (χ3v) is 5.17. The first-order chi connectivity index (χ1) is 11.4. The molecule has 1 aliphatic heterocycles. The second kappa shape index (κ2) is 6.26. The average molecular weight is 406 g/mol. The van der Waals surface area contributed by atoms with Crippen molar-refractivity contribution in [3.8, 4) is 23.0 Å². The van der Waals surface area contributed by atoms with Crippen molar-refractivity contribution in [2.24, 2.45) is 4.99 Å². The minimum Gasteiger partial charge on any atom is -0.507 e. The summed E-state index contributed by atoms with van der Waals surface area (Å²) in [6.45, 7) is 3.63. The summed E-state index contributed by atoms with van der Waals surface area (Å²) in [5, 5.41) is 40.2. The van der Waals surface area contributed by atoms with E-state index >= 15 is 0 Å². The van der Waals surface area contributed by atoms with Crippen molar-refractivity contribution in [1.82, 2.24) is 0 Å². The minimum atomic E-state index is -0.220. The van der Waals surface area contributed by atoms with Crippen LogP contribution in [-0.2, 0) is 0 Å². The maximum absolute atomic E-state index is 10.1. The van der Waals surface area contributed by atoms with Crippen LogP contribution >= 0.6 is 27.7 Å². The molecule has 7 heteroatoms. The van der Waals surface area contributed by atoms with Gasteiger partial charge in [-0.2, -0.15) is 0 Å². The second-order valence-corrected chi connectivity index (χ2v) is 6.92. The van der Waals surface area contributed by atoms with Crippen LogP contribution in [0.25, 0.3) is 18.9 Å². The summed E-state index contributed by atoms with van der Waals surface area (Å²) in [7, 11) is 0. The molecule has 0 atom stereocenters. The topological polar surface area (TPSA) is 93.3 Å². The Bertz CT molecular complexity index is 1010. The summed E-state index contributed by atoms with van der Waals surface area (Å²) >= 11 is 4.55. The van der Waals surface area contributed by atoms with Crippen molar-refractivity contribution >= 4 is 51.6 Å². The molecule has 0 unspecified atom stereocenters. The molecule has 0 saturated heterocycles. The van der Waals surface area contributed by atoms with E-state index in [2.05, 4.69) is 27.5 Å². The van der Waals surface area contributed by atoms with Gasteiger partial charge in [0.2, 0.25) is 0 Å². The van der Waals surface area contributed by atoms with Crippen LogP contribution in [0.1, 0.15) is 5.56 Å². The van der Waals surface area contributed by atoms with Crippen molar-refractivity contribution in [3.05, 3.63) is 44.7 Å². The van der Waals surface area contributed by atoms with E-state index in [1.165, 1.54) is 30.0 Å². The molecule has 0 fully saturated rings. The van der Waals surface area contributed by atoms with Crippen LogP contribution in [0.3, 0.4) is 0 Å². The molecule has 0 spiro atoms. The first-order valence-electron chi connectivity index (χ1n) is 6.76. The van der Waals surface area contributed by atoms with E-state index < -0.39 is 0 Å². The molecule has 3 rings (SSSR count). The monoisotopic (exact) mass is 405 g/mol. The number of fused-ring (bicyclic) bond motifs is 1. The highest BCUT2D eigenvalue weighted by Crippen LogP contribution is 2.33. The summed E-state index contributed by atoms with van der Waals surface area (Å²) in [6, 6.07) is 4.32. The van der Waals surface area contributed by atoms with Crippen molar-refractivity contribution < 1.29 is 20.4 Å². The molecular formula is C17H12BrNO4S. The van der Waals surface area contributed by atoms with Gasteiger partial charge in [0.05, 0.1) is 10.1 Å². The van der Waals surface area contributed by atoms with E-state index in [1.54, 1.807) is 18.4 Å². The van der Waals surface area contributed by atoms with Crippen LogP contribution in [0.15, 0.2) is 38.6 Å². The number of aliphatic imine (C=N–C) groups is 1. The van der Waals surface area contributed by atoms with Gasteiger partial charge in [-0.05, 0) is 29.8 Å². The number of thioether (sulfide) groups is 1. The molecule has 0 aliphatic carbocycles. The third-order valence-electron chi connectivity index (χ3n) is 3.40. The quantitative estimate of drug-likeness (QED) is 0.576. The highest BCUT2D eigenvalue weighted by molar-refractivity contribution is 9.10. The lowest BCUT2D eigenvalue weighted by Gasteiger charge is -2.10. The van der Waals surface area contributed by atoms with Gasteiger partial charge in [-0.15, -0.1) is 0 Å². The molecule has 24 heavy (non-hydrogen) atoms. The van der Waals surface area contributed by atoms with Crippen LogP contribution in [0.4, 0.5) is 0 Å². The fourth-order valence-corrected chi connectivity index (χ4v) is 3.46. The van der Waals surface area contributed by atoms with Gasteiger partial charge < -0.3 is 20.4 Å². The van der Waals surface area contributed by atoms with Gasteiger partial charge >= 0.3 is 0 Å². The highest BCUT2D eigenvalue weighted by Gasteiger charge is 2.14. The van der Waals surface area contributed by atoms with Crippen LogP contribution in [0.2, 0.25) is 0 Å². The van der Waals surface area contributed by atoms with Crippen LogP contribution in [0.5, 0.6) is 23.0 Å². The van der Waals surface area contributed by atoms with Gasteiger partial charge in [0.15, 0.2) is 11.5 Å². The van der Waals surface area contributed by atoms with E-state index in [0.29, 0.717) is 25.2 Å². The van der Waals surface area contributed by atoms with Crippen LogP contribution in [0, 0.1) is 0 Å². The number of hydrogen-bond donors (Lipinski definition) is 4. The molecule has 0 radical (unpaired) electrons. The normalized spacial score (nSPS) is 13.5. The zero-order valence-corrected chi connectivity index (χ0v) is 14.6. The third kappa shape index (κ3) is 3.00. The van der Waals surface area contributed by atoms with E-state index in [-0.39, 0.29) is 28.2 Å². The van der Waals surface area contributed by atoms with Gasteiger partial charge in [0.25, 0.3) is 0 Å². The number of nitrogens with zero attached hydrogens (tertiary/aromatic N) is 1. The molecule has 122 valence electrons. The second-order valence-electron chi connectivity index (χ2n) is 5.04. The first-order valence-corrected chi connectivity index (χ1v) is 8.37. The van der Waals surface area contributed by atoms with Gasteiger partial charge in [-0.25, -0.2) is 4.99 Å². The first kappa shape index (κ1) is 16.5. The standard InChI is InChI=1S/C17H12BrNO4S/c1-8-12(20)5-10-7-19-15(24-17(10)16(8)23)3-2-9-4-13(21)14(22)6-11(9)18/h2-7,20-23H,1H2. The molecular weight excluding hydrogens is 394 g/mol. The van der Waals surface area contributed by atoms with Gasteiger partial charge in [0, 0.05) is 15.9 Å². The molecule has 0 aromatic heterocycles. The molecule has 2 aromatic rings. The highest BCUT2D eigenvalue weighted by atomic mass is 79.9. The van der Waals surface area contributed by atoms with Crippen molar-refractivity contribution in [2.75, 3.05) is 0 Å². The molecule has 5 nitrogen and oxygen atoms in total. The summed E-state index contributed by atoms with van der Waals surface area (Å²) < 4.78 is 0.618. The molecule has 1 heterocycles. The Morgan fingerprint density at radius 3 is 2.46 bits per heavy atom. The zero-order valence-electron chi connectivity index (χ0n) is 12.2. The van der Waals surface area contributed by atoms with Gasteiger partial charge in [0.1, 0.15) is 16.5 Å². The number of aromatic hydroxyl groups is 4. The fraction of sp³-hybridized carbons (Fsp3) is 0. The van der Waals surface area contributed by atoms with Crippen molar-refractivity contribution in [1.29, 1.82) is 0 Å². The molecule has 1 aliphatic rings. The van der Waals surface area contributed by atoms with Crippen LogP contribution < -0.4 is 10.4 Å². The Morgan fingerprint density at radius 1 is 1.00 bits per heavy atom. The number of phenols is 4. The summed E-state index contributed by atoms with van der Waals surface area (Å²) in [4.78, 5) is 4.83. The van der Waals surface area contributed by atoms with Gasteiger partial charge in [-0.3, -0.25) is 0 Å². The SMILES string of the molecule is C=c1c(O)cc2c(c1O)SC(C=Cc1cc(O)c(O)cc1Br)=NC=2. The lowest BCUT2D eigenvalue weighted by atomic mass is 10.2. The largest absolute Gasteiger partial charge is 0.507 e. The molecule has 0 amide bonds. The Balaban J connectivity index is 1.95. The predicted octanol–water partition coefficient (Wildman–Crippen LogP) is 2.64. The van der Waals surface area contributed by atoms with Crippen molar-refractivity contribution in [3.63, 3.8) is 0 Å². The summed E-state index contributed by atoms with van der Waals surface area (Å²) in [5.41, 5.74) is 0.659. The lowest BCUT2D eigenvalue weighted by Crippen LogP contribution is -2.15. The summed E-state index contributed by atoms with van der Waals surface area (Å²) in [5.74, 6) is -0.586. The number of hydrogen-bond acceptors (Lipinski definition) is 6. The Kier molecular flexibility index (Phi) is 4.29. The van der Waals surface area contributed by atoms with E-state index in [1.807, 2.05) is 0 Å². The maximum atomic E-state index is 10.1. The molecule has 0 bridgehead atoms. The van der Waals surface area contributed by atoms with E-state index in [0.717, 1.165) is 0 Å². The minimum absolute atomic E-state index is 0.0736. The molecule has 0 saturated carbocycles. The average Bonchev–Trinajstić information content (AvgIpc) is 2.55. The van der Waals surface area contributed by atoms with Crippen LogP contribution in [-0.4, -0.2) is 25.5 Å². The smallest absolute Gasteiger partial charge is 0.158 e. The molecule has 2 aromatic carbocycles. The van der Waals surface area contributed by atoms with Gasteiger partial charge in [-0.1, -0.05) is 40.3 Å². The Morgan fingerprint density at radius 2 is 1.71 bits per heavy atom.